The molecule has 17 heavy (non-hydrogen) atoms. The summed E-state index contributed by atoms with van der Waals surface area (Å²) in [6.45, 7) is 3.26. The Balaban J connectivity index is 2.93. The molecule has 0 aromatic rings. The minimum atomic E-state index is -1.65. The number of hydrogen-bond acceptors (Lipinski definition) is 7. The van der Waals surface area contributed by atoms with Crippen molar-refractivity contribution in [2.75, 3.05) is 14.2 Å². The van der Waals surface area contributed by atoms with Gasteiger partial charge in [-0.1, -0.05) is 13.8 Å². The van der Waals surface area contributed by atoms with Gasteiger partial charge in [-0.15, -0.1) is 0 Å². The molecule has 1 aliphatic rings. The highest BCUT2D eigenvalue weighted by molar-refractivity contribution is 5.65. The van der Waals surface area contributed by atoms with E-state index in [2.05, 4.69) is 9.47 Å². The number of hydrogen-bond donors (Lipinski definition) is 0. The predicted molar refractivity (Wildman–Crippen MR) is 52.6 cm³/mol. The van der Waals surface area contributed by atoms with Crippen LogP contribution in [-0.4, -0.2) is 32.3 Å². The van der Waals surface area contributed by atoms with E-state index in [0.29, 0.717) is 0 Å². The van der Waals surface area contributed by atoms with Crippen LogP contribution >= 0.6 is 0 Å². The van der Waals surface area contributed by atoms with E-state index >= 15 is 0 Å². The zero-order valence-electron chi connectivity index (χ0n) is 9.97. The van der Waals surface area contributed by atoms with Crippen LogP contribution in [0.3, 0.4) is 0 Å². The zero-order chi connectivity index (χ0) is 13.3. The maximum atomic E-state index is 11.1. The molecule has 0 saturated heterocycles. The summed E-state index contributed by atoms with van der Waals surface area (Å²) in [6, 6.07) is 1.91. The fourth-order valence-corrected chi connectivity index (χ4v) is 1.66. The van der Waals surface area contributed by atoms with E-state index in [1.807, 2.05) is 6.07 Å². The number of nitrogens with zero attached hydrogens (tertiary/aromatic N) is 1. The average Bonchev–Trinajstić information content (AvgIpc) is 2.72. The summed E-state index contributed by atoms with van der Waals surface area (Å²) < 4.78 is 18.4. The van der Waals surface area contributed by atoms with Crippen LogP contribution in [0.1, 0.15) is 13.8 Å². The smallest absolute Gasteiger partial charge is 0.438 e. The van der Waals surface area contributed by atoms with Gasteiger partial charge in [0.1, 0.15) is 5.92 Å². The summed E-state index contributed by atoms with van der Waals surface area (Å²) in [5.41, 5.74) is -0.815. The maximum Gasteiger partial charge on any atom is 0.511 e. The third kappa shape index (κ3) is 1.86. The summed E-state index contributed by atoms with van der Waals surface area (Å²) in [6.07, 6.45) is -2.06. The van der Waals surface area contributed by atoms with E-state index in [1.54, 1.807) is 13.8 Å². The van der Waals surface area contributed by atoms with E-state index in [0.717, 1.165) is 14.2 Å². The lowest BCUT2D eigenvalue weighted by atomic mass is 10.1. The summed E-state index contributed by atoms with van der Waals surface area (Å²) >= 11 is 0. The van der Waals surface area contributed by atoms with E-state index in [9.17, 15) is 9.59 Å². The van der Waals surface area contributed by atoms with Crippen molar-refractivity contribution >= 4 is 12.3 Å². The van der Waals surface area contributed by atoms with Crippen molar-refractivity contribution in [3.05, 3.63) is 0 Å². The second-order valence-electron chi connectivity index (χ2n) is 4.06. The summed E-state index contributed by atoms with van der Waals surface area (Å²) in [5, 5.41) is 8.93. The van der Waals surface area contributed by atoms with E-state index < -0.39 is 29.4 Å². The number of methoxy groups -OCH3 is 2. The Morgan fingerprint density at radius 1 is 1.12 bits per heavy atom. The van der Waals surface area contributed by atoms with Gasteiger partial charge in [0.05, 0.1) is 25.7 Å². The first-order chi connectivity index (χ1) is 7.85. The van der Waals surface area contributed by atoms with Gasteiger partial charge >= 0.3 is 12.3 Å². The zero-order valence-corrected chi connectivity index (χ0v) is 9.97. The van der Waals surface area contributed by atoms with Gasteiger partial charge in [0.25, 0.3) is 5.79 Å². The van der Waals surface area contributed by atoms with Crippen molar-refractivity contribution in [1.82, 2.24) is 0 Å². The lowest BCUT2D eigenvalue weighted by molar-refractivity contribution is -0.142. The SMILES string of the molecule is COC(=O)OC1(OC(=O)OC)C(C#N)C1(C)C. The highest BCUT2D eigenvalue weighted by Crippen LogP contribution is 2.64. The van der Waals surface area contributed by atoms with Crippen LogP contribution in [0.25, 0.3) is 0 Å². The molecular weight excluding hydrogens is 230 g/mol. The van der Waals surface area contributed by atoms with Gasteiger partial charge in [-0.05, 0) is 0 Å². The van der Waals surface area contributed by atoms with Crippen LogP contribution in [-0.2, 0) is 18.9 Å². The largest absolute Gasteiger partial charge is 0.511 e. The van der Waals surface area contributed by atoms with Crippen molar-refractivity contribution in [2.24, 2.45) is 11.3 Å². The maximum absolute atomic E-state index is 11.1. The quantitative estimate of drug-likeness (QED) is 0.534. The van der Waals surface area contributed by atoms with Crippen LogP contribution in [0.5, 0.6) is 0 Å². The number of carbonyl (C=O) groups is 2. The molecule has 0 bridgehead atoms. The first-order valence-corrected chi connectivity index (χ1v) is 4.79. The van der Waals surface area contributed by atoms with Crippen molar-refractivity contribution in [3.63, 3.8) is 0 Å². The lowest BCUT2D eigenvalue weighted by Gasteiger charge is -2.19. The lowest BCUT2D eigenvalue weighted by Crippen LogP contribution is -2.32. The third-order valence-electron chi connectivity index (χ3n) is 2.85. The highest BCUT2D eigenvalue weighted by atomic mass is 16.8. The van der Waals surface area contributed by atoms with Crippen molar-refractivity contribution in [2.45, 2.75) is 19.6 Å². The van der Waals surface area contributed by atoms with Gasteiger partial charge in [-0.25, -0.2) is 9.59 Å². The monoisotopic (exact) mass is 243 g/mol. The van der Waals surface area contributed by atoms with Crippen LogP contribution in [0, 0.1) is 22.7 Å². The van der Waals surface area contributed by atoms with E-state index in [4.69, 9.17) is 14.7 Å². The Morgan fingerprint density at radius 2 is 1.53 bits per heavy atom. The second kappa shape index (κ2) is 4.13. The summed E-state index contributed by atoms with van der Waals surface area (Å²) in [7, 11) is 2.23. The van der Waals surface area contributed by atoms with Crippen LogP contribution in [0.15, 0.2) is 0 Å². The molecule has 94 valence electrons. The summed E-state index contributed by atoms with van der Waals surface area (Å²) in [4.78, 5) is 22.2. The molecule has 1 unspecified atom stereocenters. The Bertz CT molecular complexity index is 365. The van der Waals surface area contributed by atoms with Gasteiger partial charge < -0.3 is 18.9 Å². The van der Waals surface area contributed by atoms with Gasteiger partial charge in [0, 0.05) is 0 Å². The Kier molecular flexibility index (Phi) is 3.18. The molecule has 7 nitrogen and oxygen atoms in total. The molecule has 0 aliphatic heterocycles. The van der Waals surface area contributed by atoms with E-state index in [1.165, 1.54) is 0 Å². The molecule has 1 aliphatic carbocycles. The number of carbonyl (C=O) groups excluding carboxylic acids is 2. The first kappa shape index (κ1) is 13.1. The van der Waals surface area contributed by atoms with Crippen LogP contribution in [0.4, 0.5) is 9.59 Å². The first-order valence-electron chi connectivity index (χ1n) is 4.79. The molecule has 0 spiro atoms. The Labute approximate surface area is 98.2 Å². The normalized spacial score (nSPS) is 22.9. The highest BCUT2D eigenvalue weighted by Gasteiger charge is 2.80. The molecule has 0 amide bonds. The Hall–Kier alpha value is -1.97. The molecule has 1 fully saturated rings. The van der Waals surface area contributed by atoms with E-state index in [-0.39, 0.29) is 0 Å². The fraction of sp³-hybridized carbons (Fsp3) is 0.700. The van der Waals surface area contributed by atoms with Gasteiger partial charge in [-0.3, -0.25) is 0 Å². The van der Waals surface area contributed by atoms with Crippen LogP contribution in [0.2, 0.25) is 0 Å². The number of nitriles is 1. The molecule has 0 N–H and O–H groups in total. The summed E-state index contributed by atoms with van der Waals surface area (Å²) in [5.74, 6) is -2.42. The molecule has 1 atom stereocenters. The number of rotatable bonds is 2. The molecule has 0 aromatic carbocycles. The standard InChI is InChI=1S/C10H13NO6/c1-9(2)6(5-11)10(9,16-7(12)14-3)17-8(13)15-4/h6H,1-4H3. The topological polar surface area (TPSA) is 94.8 Å². The van der Waals surface area contributed by atoms with Crippen molar-refractivity contribution in [1.29, 1.82) is 5.26 Å². The Morgan fingerprint density at radius 3 is 1.76 bits per heavy atom. The average molecular weight is 243 g/mol. The van der Waals surface area contributed by atoms with Crippen molar-refractivity contribution in [3.8, 4) is 6.07 Å². The van der Waals surface area contributed by atoms with Crippen molar-refractivity contribution < 1.29 is 28.5 Å². The van der Waals surface area contributed by atoms with Gasteiger partial charge in [0.15, 0.2) is 0 Å². The molecule has 1 saturated carbocycles. The fourth-order valence-electron chi connectivity index (χ4n) is 1.66. The van der Waals surface area contributed by atoms with Gasteiger partial charge in [0.2, 0.25) is 0 Å². The third-order valence-corrected chi connectivity index (χ3v) is 2.85. The molecule has 7 heteroatoms. The number of ether oxygens (including phenoxy) is 4. The predicted octanol–water partition coefficient (Wildman–Crippen LogP) is 1.43. The van der Waals surface area contributed by atoms with Gasteiger partial charge in [-0.2, -0.15) is 5.26 Å². The van der Waals surface area contributed by atoms with Crippen LogP contribution < -0.4 is 0 Å². The second-order valence-corrected chi connectivity index (χ2v) is 4.06. The molecule has 0 aromatic heterocycles. The molecule has 0 heterocycles. The minimum absolute atomic E-state index is 0.770. The minimum Gasteiger partial charge on any atom is -0.438 e. The molecule has 1 rings (SSSR count). The molecule has 0 radical (unpaired) electrons. The molecular formula is C10H13NO6.